The minimum Gasteiger partial charge on any atom is -0.392 e. The van der Waals surface area contributed by atoms with Crippen molar-refractivity contribution in [2.24, 2.45) is 0 Å². The zero-order valence-electron chi connectivity index (χ0n) is 10.6. The first kappa shape index (κ1) is 13.7. The van der Waals surface area contributed by atoms with Crippen LogP contribution in [0.25, 0.3) is 0 Å². The lowest BCUT2D eigenvalue weighted by Gasteiger charge is -2.30. The molecule has 0 aromatic carbocycles. The van der Waals surface area contributed by atoms with Crippen molar-refractivity contribution in [2.75, 3.05) is 20.3 Å². The summed E-state index contributed by atoms with van der Waals surface area (Å²) in [4.78, 5) is 4.36. The van der Waals surface area contributed by atoms with Crippen molar-refractivity contribution in [3.05, 3.63) is 28.5 Å². The molecule has 18 heavy (non-hydrogen) atoms. The van der Waals surface area contributed by atoms with Crippen molar-refractivity contribution in [1.29, 1.82) is 0 Å². The number of methoxy groups -OCH3 is 1. The Kier molecular flexibility index (Phi) is 4.22. The van der Waals surface area contributed by atoms with E-state index in [9.17, 15) is 5.11 Å². The van der Waals surface area contributed by atoms with Crippen LogP contribution in [0.4, 0.5) is 0 Å². The number of hydrogen-bond donors (Lipinski definition) is 1. The molecule has 0 saturated carbocycles. The van der Waals surface area contributed by atoms with Gasteiger partial charge in [0.1, 0.15) is 5.15 Å². The third-order valence-corrected chi connectivity index (χ3v) is 3.72. The number of ether oxygens (including phenoxy) is 2. The first-order chi connectivity index (χ1) is 8.58. The van der Waals surface area contributed by atoms with E-state index in [-0.39, 0.29) is 0 Å². The molecule has 1 saturated heterocycles. The van der Waals surface area contributed by atoms with Gasteiger partial charge in [0.05, 0.1) is 30.4 Å². The highest BCUT2D eigenvalue weighted by atomic mass is 35.5. The summed E-state index contributed by atoms with van der Waals surface area (Å²) >= 11 is 6.04. The van der Waals surface area contributed by atoms with Crippen molar-refractivity contribution in [3.8, 4) is 0 Å². The Labute approximate surface area is 112 Å². The molecule has 1 aromatic rings. The molecular weight excluding hydrogens is 254 g/mol. The lowest BCUT2D eigenvalue weighted by atomic mass is 9.78. The number of halogens is 1. The zero-order valence-corrected chi connectivity index (χ0v) is 11.4. The first-order valence-corrected chi connectivity index (χ1v) is 6.38. The van der Waals surface area contributed by atoms with Crippen LogP contribution in [-0.4, -0.2) is 36.5 Å². The molecule has 1 aromatic heterocycles. The molecule has 1 aliphatic heterocycles. The van der Waals surface area contributed by atoms with Crippen LogP contribution in [0.15, 0.2) is 12.1 Å². The van der Waals surface area contributed by atoms with Gasteiger partial charge in [0, 0.05) is 13.7 Å². The molecule has 2 rings (SSSR count). The third kappa shape index (κ3) is 2.52. The number of hydrogen-bond acceptors (Lipinski definition) is 4. The molecular formula is C13H18ClNO3. The third-order valence-electron chi connectivity index (χ3n) is 3.53. The van der Waals surface area contributed by atoms with Crippen LogP contribution < -0.4 is 0 Å². The summed E-state index contributed by atoms with van der Waals surface area (Å²) in [6.07, 6.45) is 0.228. The summed E-state index contributed by atoms with van der Waals surface area (Å²) in [5, 5.41) is 10.5. The maximum absolute atomic E-state index is 10.1. The van der Waals surface area contributed by atoms with Crippen molar-refractivity contribution in [1.82, 2.24) is 4.98 Å². The fourth-order valence-electron chi connectivity index (χ4n) is 2.38. The van der Waals surface area contributed by atoms with E-state index in [4.69, 9.17) is 21.1 Å². The Hall–Kier alpha value is -0.680. The largest absolute Gasteiger partial charge is 0.392 e. The Balaban J connectivity index is 2.41. The highest BCUT2D eigenvalue weighted by Crippen LogP contribution is 2.36. The molecule has 1 unspecified atom stereocenters. The van der Waals surface area contributed by atoms with Crippen LogP contribution in [0.5, 0.6) is 0 Å². The van der Waals surface area contributed by atoms with Gasteiger partial charge in [-0.2, -0.15) is 0 Å². The van der Waals surface area contributed by atoms with Crippen LogP contribution in [0.3, 0.4) is 0 Å². The molecule has 2 atom stereocenters. The van der Waals surface area contributed by atoms with E-state index in [1.165, 1.54) is 0 Å². The molecule has 0 amide bonds. The molecule has 0 spiro atoms. The molecule has 1 aliphatic rings. The molecule has 4 nitrogen and oxygen atoms in total. The van der Waals surface area contributed by atoms with Crippen LogP contribution >= 0.6 is 11.6 Å². The van der Waals surface area contributed by atoms with Gasteiger partial charge in [0.2, 0.25) is 0 Å². The van der Waals surface area contributed by atoms with Crippen molar-refractivity contribution >= 4 is 11.6 Å². The lowest BCUT2D eigenvalue weighted by Crippen LogP contribution is -2.39. The van der Waals surface area contributed by atoms with Gasteiger partial charge in [-0.05, 0) is 31.0 Å². The second kappa shape index (κ2) is 5.53. The summed E-state index contributed by atoms with van der Waals surface area (Å²) in [6.45, 7) is 3.36. The standard InChI is InChI=1S/C13H18ClNO3/c1-9(16)13(3-4-18-8-13)11-5-10(7-17-2)6-12(14)15-11/h5-6,9,16H,3-4,7-8H2,1-2H3/t9-,13?/m0/s1. The SMILES string of the molecule is COCc1cc(Cl)nc(C2([C@H](C)O)CCOC2)c1. The predicted octanol–water partition coefficient (Wildman–Crippen LogP) is 1.92. The quantitative estimate of drug-likeness (QED) is 0.850. The predicted molar refractivity (Wildman–Crippen MR) is 68.8 cm³/mol. The van der Waals surface area contributed by atoms with E-state index in [2.05, 4.69) is 4.98 Å². The Morgan fingerprint density at radius 3 is 2.94 bits per heavy atom. The van der Waals surface area contributed by atoms with Crippen molar-refractivity contribution in [3.63, 3.8) is 0 Å². The monoisotopic (exact) mass is 271 g/mol. The Bertz CT molecular complexity index is 417. The van der Waals surface area contributed by atoms with E-state index < -0.39 is 11.5 Å². The minimum absolute atomic E-state index is 0.423. The smallest absolute Gasteiger partial charge is 0.129 e. The van der Waals surface area contributed by atoms with Crippen LogP contribution in [0.1, 0.15) is 24.6 Å². The Morgan fingerprint density at radius 1 is 1.61 bits per heavy atom. The fourth-order valence-corrected chi connectivity index (χ4v) is 2.61. The van der Waals surface area contributed by atoms with E-state index in [1.807, 2.05) is 6.07 Å². The number of pyridine rings is 1. The van der Waals surface area contributed by atoms with E-state index in [0.29, 0.717) is 25.0 Å². The Morgan fingerprint density at radius 2 is 2.39 bits per heavy atom. The first-order valence-electron chi connectivity index (χ1n) is 6.00. The van der Waals surface area contributed by atoms with Gasteiger partial charge in [-0.25, -0.2) is 4.98 Å². The fraction of sp³-hybridized carbons (Fsp3) is 0.615. The lowest BCUT2D eigenvalue weighted by molar-refractivity contribution is 0.0763. The van der Waals surface area contributed by atoms with Gasteiger partial charge in [-0.15, -0.1) is 0 Å². The highest BCUT2D eigenvalue weighted by Gasteiger charge is 2.42. The summed E-state index contributed by atoms with van der Waals surface area (Å²) in [6, 6.07) is 3.72. The molecule has 1 fully saturated rings. The van der Waals surface area contributed by atoms with Crippen molar-refractivity contribution < 1.29 is 14.6 Å². The van der Waals surface area contributed by atoms with Gasteiger partial charge in [-0.3, -0.25) is 0 Å². The molecule has 0 bridgehead atoms. The van der Waals surface area contributed by atoms with E-state index >= 15 is 0 Å². The number of rotatable bonds is 4. The molecule has 5 heteroatoms. The van der Waals surface area contributed by atoms with Crippen molar-refractivity contribution in [2.45, 2.75) is 31.5 Å². The maximum atomic E-state index is 10.1. The molecule has 0 aliphatic carbocycles. The molecule has 2 heterocycles. The second-order valence-electron chi connectivity index (χ2n) is 4.75. The number of aromatic nitrogens is 1. The number of aliphatic hydroxyl groups is 1. The summed E-state index contributed by atoms with van der Waals surface area (Å²) in [5.74, 6) is 0. The number of aliphatic hydroxyl groups excluding tert-OH is 1. The summed E-state index contributed by atoms with van der Waals surface area (Å²) in [5.41, 5.74) is 1.29. The van der Waals surface area contributed by atoms with Gasteiger partial charge in [0.25, 0.3) is 0 Å². The maximum Gasteiger partial charge on any atom is 0.129 e. The van der Waals surface area contributed by atoms with Gasteiger partial charge < -0.3 is 14.6 Å². The van der Waals surface area contributed by atoms with Crippen LogP contribution in [0, 0.1) is 0 Å². The zero-order chi connectivity index (χ0) is 13.2. The van der Waals surface area contributed by atoms with E-state index in [0.717, 1.165) is 17.7 Å². The average Bonchev–Trinajstić information content (AvgIpc) is 2.78. The van der Waals surface area contributed by atoms with Gasteiger partial charge >= 0.3 is 0 Å². The van der Waals surface area contributed by atoms with E-state index in [1.54, 1.807) is 20.1 Å². The van der Waals surface area contributed by atoms with Gasteiger partial charge in [-0.1, -0.05) is 11.6 Å². The topological polar surface area (TPSA) is 51.6 Å². The molecule has 1 N–H and O–H groups in total. The van der Waals surface area contributed by atoms with Crippen LogP contribution in [0.2, 0.25) is 5.15 Å². The average molecular weight is 272 g/mol. The second-order valence-corrected chi connectivity index (χ2v) is 5.14. The van der Waals surface area contributed by atoms with Gasteiger partial charge in [0.15, 0.2) is 0 Å². The molecule has 100 valence electrons. The summed E-state index contributed by atoms with van der Waals surface area (Å²) in [7, 11) is 1.64. The minimum atomic E-state index is -0.527. The highest BCUT2D eigenvalue weighted by molar-refractivity contribution is 6.29. The number of nitrogens with zero attached hydrogens (tertiary/aromatic N) is 1. The van der Waals surface area contributed by atoms with Crippen LogP contribution in [-0.2, 0) is 21.5 Å². The normalized spacial score (nSPS) is 25.3. The summed E-state index contributed by atoms with van der Waals surface area (Å²) < 4.78 is 10.6. The molecule has 0 radical (unpaired) electrons.